The summed E-state index contributed by atoms with van der Waals surface area (Å²) in [6.07, 6.45) is 1.44. The minimum Gasteiger partial charge on any atom is -0.453 e. The number of hydrogen-bond acceptors (Lipinski definition) is 4. The number of rotatable bonds is 2. The summed E-state index contributed by atoms with van der Waals surface area (Å²) >= 11 is 0. The first kappa shape index (κ1) is 12.9. The lowest BCUT2D eigenvalue weighted by Crippen LogP contribution is -1.96. The minimum absolute atomic E-state index is 0.166. The smallest absolute Gasteiger partial charge is 0.156 e. The second kappa shape index (κ2) is 5.10. The largest absolute Gasteiger partial charge is 0.453 e. The number of hydrogen-bond donors (Lipinski definition) is 1. The van der Waals surface area contributed by atoms with Crippen molar-refractivity contribution in [1.29, 1.82) is 5.26 Å². The first-order valence-electron chi connectivity index (χ1n) is 6.20. The van der Waals surface area contributed by atoms with Crippen LogP contribution in [0.2, 0.25) is 0 Å². The third kappa shape index (κ3) is 2.35. The number of anilines is 1. The number of benzene rings is 2. The Morgan fingerprint density at radius 3 is 2.76 bits per heavy atom. The van der Waals surface area contributed by atoms with E-state index in [1.807, 2.05) is 24.3 Å². The minimum atomic E-state index is -0.444. The average molecular weight is 279 g/mol. The number of nitrogen functional groups attached to an aromatic ring is 1. The highest BCUT2D eigenvalue weighted by Gasteiger charge is 2.12. The SMILES string of the molecule is N#Cc1cnc2ccccc2c1Oc1ccc(F)cc1N. The molecule has 2 aromatic carbocycles. The summed E-state index contributed by atoms with van der Waals surface area (Å²) in [5, 5.41) is 9.90. The molecule has 0 aliphatic heterocycles. The molecule has 4 nitrogen and oxygen atoms in total. The zero-order valence-corrected chi connectivity index (χ0v) is 10.9. The number of pyridine rings is 1. The van der Waals surface area contributed by atoms with Gasteiger partial charge < -0.3 is 10.5 Å². The Labute approximate surface area is 120 Å². The zero-order chi connectivity index (χ0) is 14.8. The van der Waals surface area contributed by atoms with Gasteiger partial charge in [-0.25, -0.2) is 4.39 Å². The van der Waals surface area contributed by atoms with Crippen molar-refractivity contribution in [1.82, 2.24) is 4.98 Å². The third-order valence-corrected chi connectivity index (χ3v) is 3.03. The van der Waals surface area contributed by atoms with Crippen molar-refractivity contribution in [3.05, 3.63) is 60.0 Å². The lowest BCUT2D eigenvalue weighted by atomic mass is 10.1. The Morgan fingerprint density at radius 2 is 2.00 bits per heavy atom. The molecule has 21 heavy (non-hydrogen) atoms. The Balaban J connectivity index is 2.17. The monoisotopic (exact) mass is 279 g/mol. The molecular weight excluding hydrogens is 269 g/mol. The van der Waals surface area contributed by atoms with Gasteiger partial charge in [-0.2, -0.15) is 5.26 Å². The molecule has 0 fully saturated rings. The highest BCUT2D eigenvalue weighted by atomic mass is 19.1. The molecule has 102 valence electrons. The number of nitrogens with two attached hydrogens (primary N) is 1. The fourth-order valence-corrected chi connectivity index (χ4v) is 2.03. The lowest BCUT2D eigenvalue weighted by molar-refractivity contribution is 0.486. The van der Waals surface area contributed by atoms with E-state index in [9.17, 15) is 9.65 Å². The topological polar surface area (TPSA) is 71.9 Å². The van der Waals surface area contributed by atoms with Crippen LogP contribution >= 0.6 is 0 Å². The van der Waals surface area contributed by atoms with Crippen LogP contribution in [-0.4, -0.2) is 4.98 Å². The van der Waals surface area contributed by atoms with Crippen LogP contribution < -0.4 is 10.5 Å². The van der Waals surface area contributed by atoms with E-state index >= 15 is 0 Å². The van der Waals surface area contributed by atoms with E-state index in [0.29, 0.717) is 22.4 Å². The van der Waals surface area contributed by atoms with Crippen molar-refractivity contribution < 1.29 is 9.13 Å². The molecule has 0 aliphatic rings. The van der Waals surface area contributed by atoms with Gasteiger partial charge in [0.1, 0.15) is 17.4 Å². The van der Waals surface area contributed by atoms with Crippen LogP contribution in [-0.2, 0) is 0 Å². The Hall–Kier alpha value is -3.13. The second-order valence-electron chi connectivity index (χ2n) is 4.41. The van der Waals surface area contributed by atoms with Crippen molar-refractivity contribution >= 4 is 16.6 Å². The lowest BCUT2D eigenvalue weighted by Gasteiger charge is -2.12. The molecule has 3 rings (SSSR count). The van der Waals surface area contributed by atoms with Crippen LogP contribution in [0, 0.1) is 17.1 Å². The Morgan fingerprint density at radius 1 is 1.19 bits per heavy atom. The number of nitrogens with zero attached hydrogens (tertiary/aromatic N) is 2. The average Bonchev–Trinajstić information content (AvgIpc) is 2.50. The van der Waals surface area contributed by atoms with Crippen LogP contribution in [0.5, 0.6) is 11.5 Å². The highest BCUT2D eigenvalue weighted by molar-refractivity contribution is 5.87. The summed E-state index contributed by atoms with van der Waals surface area (Å²) in [5.41, 5.74) is 6.90. The van der Waals surface area contributed by atoms with Gasteiger partial charge >= 0.3 is 0 Å². The molecule has 1 heterocycles. The van der Waals surface area contributed by atoms with Gasteiger partial charge in [0, 0.05) is 17.6 Å². The standard InChI is InChI=1S/C16H10FN3O/c17-11-5-6-15(13(19)7-11)21-16-10(8-18)9-20-14-4-2-1-3-12(14)16/h1-7,9H,19H2. The Kier molecular flexibility index (Phi) is 3.13. The van der Waals surface area contributed by atoms with E-state index in [-0.39, 0.29) is 11.3 Å². The third-order valence-electron chi connectivity index (χ3n) is 3.03. The number of ether oxygens (including phenoxy) is 1. The fraction of sp³-hybridized carbons (Fsp3) is 0. The maximum Gasteiger partial charge on any atom is 0.156 e. The molecule has 0 aliphatic carbocycles. The van der Waals surface area contributed by atoms with Crippen LogP contribution in [0.25, 0.3) is 10.9 Å². The maximum absolute atomic E-state index is 13.1. The van der Waals surface area contributed by atoms with Crippen molar-refractivity contribution in [3.63, 3.8) is 0 Å². The number of halogens is 1. The van der Waals surface area contributed by atoms with E-state index in [2.05, 4.69) is 4.98 Å². The van der Waals surface area contributed by atoms with E-state index < -0.39 is 5.82 Å². The van der Waals surface area contributed by atoms with Gasteiger partial charge in [0.05, 0.1) is 11.2 Å². The molecule has 0 amide bonds. The van der Waals surface area contributed by atoms with Gasteiger partial charge in [-0.1, -0.05) is 12.1 Å². The number of fused-ring (bicyclic) bond motifs is 1. The van der Waals surface area contributed by atoms with Crippen molar-refractivity contribution in [2.24, 2.45) is 0 Å². The molecular formula is C16H10FN3O. The van der Waals surface area contributed by atoms with Crippen LogP contribution in [0.4, 0.5) is 10.1 Å². The molecule has 5 heteroatoms. The van der Waals surface area contributed by atoms with E-state index in [4.69, 9.17) is 10.5 Å². The summed E-state index contributed by atoms with van der Waals surface area (Å²) in [7, 11) is 0. The summed E-state index contributed by atoms with van der Waals surface area (Å²) in [4.78, 5) is 4.20. The maximum atomic E-state index is 13.1. The van der Waals surface area contributed by atoms with Crippen molar-refractivity contribution in [2.45, 2.75) is 0 Å². The fourth-order valence-electron chi connectivity index (χ4n) is 2.03. The normalized spacial score (nSPS) is 10.3. The van der Waals surface area contributed by atoms with E-state index in [1.165, 1.54) is 24.4 Å². The molecule has 0 bridgehead atoms. The molecule has 3 aromatic rings. The van der Waals surface area contributed by atoms with Gasteiger partial charge in [-0.15, -0.1) is 0 Å². The van der Waals surface area contributed by atoms with Crippen molar-refractivity contribution in [2.75, 3.05) is 5.73 Å². The van der Waals surface area contributed by atoms with Gasteiger partial charge in [0.2, 0.25) is 0 Å². The van der Waals surface area contributed by atoms with Crippen LogP contribution in [0.3, 0.4) is 0 Å². The van der Waals surface area contributed by atoms with Gasteiger partial charge in [0.25, 0.3) is 0 Å². The number of aromatic nitrogens is 1. The predicted octanol–water partition coefficient (Wildman–Crippen LogP) is 3.62. The van der Waals surface area contributed by atoms with Gasteiger partial charge in [0.15, 0.2) is 11.5 Å². The summed E-state index contributed by atoms with van der Waals surface area (Å²) in [6, 6.07) is 13.2. The van der Waals surface area contributed by atoms with Crippen LogP contribution in [0.1, 0.15) is 5.56 Å². The van der Waals surface area contributed by atoms with E-state index in [1.54, 1.807) is 6.07 Å². The van der Waals surface area contributed by atoms with E-state index in [0.717, 1.165) is 0 Å². The molecule has 2 N–H and O–H groups in total. The molecule has 1 aromatic heterocycles. The second-order valence-corrected chi connectivity index (χ2v) is 4.41. The van der Waals surface area contributed by atoms with Crippen LogP contribution in [0.15, 0.2) is 48.7 Å². The molecule has 0 saturated heterocycles. The summed E-state index contributed by atoms with van der Waals surface area (Å²) in [6.45, 7) is 0. The van der Waals surface area contributed by atoms with Crippen molar-refractivity contribution in [3.8, 4) is 17.6 Å². The summed E-state index contributed by atoms with van der Waals surface area (Å²) < 4.78 is 18.8. The molecule has 0 saturated carbocycles. The first-order chi connectivity index (χ1) is 10.2. The number of para-hydroxylation sites is 1. The molecule has 0 spiro atoms. The molecule has 0 radical (unpaired) electrons. The zero-order valence-electron chi connectivity index (χ0n) is 10.9. The van der Waals surface area contributed by atoms with Gasteiger partial charge in [-0.3, -0.25) is 4.98 Å². The first-order valence-corrected chi connectivity index (χ1v) is 6.20. The van der Waals surface area contributed by atoms with Gasteiger partial charge in [-0.05, 0) is 24.3 Å². The Bertz CT molecular complexity index is 871. The molecule has 0 unspecified atom stereocenters. The molecule has 0 atom stereocenters. The number of nitriles is 1. The highest BCUT2D eigenvalue weighted by Crippen LogP contribution is 2.34. The quantitative estimate of drug-likeness (QED) is 0.727. The predicted molar refractivity (Wildman–Crippen MR) is 77.3 cm³/mol. The summed E-state index contributed by atoms with van der Waals surface area (Å²) in [5.74, 6) is 0.214.